The maximum Gasteiger partial charge on any atom is 0.236 e. The van der Waals surface area contributed by atoms with Crippen LogP contribution < -0.4 is 0 Å². The highest BCUT2D eigenvalue weighted by Crippen LogP contribution is 2.25. The van der Waals surface area contributed by atoms with Crippen molar-refractivity contribution >= 4 is 5.91 Å². The topological polar surface area (TPSA) is 43.8 Å². The Balaban J connectivity index is 2.26. The molecule has 0 aromatic rings. The Kier molecular flexibility index (Phi) is 5.05. The number of aliphatic hydroxyl groups is 1. The van der Waals surface area contributed by atoms with Gasteiger partial charge in [-0.05, 0) is 25.8 Å². The zero-order valence-electron chi connectivity index (χ0n) is 9.78. The average Bonchev–Trinajstić information content (AvgIpc) is 3.06. The van der Waals surface area contributed by atoms with E-state index in [4.69, 9.17) is 5.11 Å². The summed E-state index contributed by atoms with van der Waals surface area (Å²) >= 11 is 0. The summed E-state index contributed by atoms with van der Waals surface area (Å²) in [5.41, 5.74) is 0. The van der Waals surface area contributed by atoms with Gasteiger partial charge in [0.1, 0.15) is 0 Å². The van der Waals surface area contributed by atoms with Crippen LogP contribution >= 0.6 is 0 Å². The lowest BCUT2D eigenvalue weighted by molar-refractivity contribution is -0.131. The van der Waals surface area contributed by atoms with E-state index in [0.29, 0.717) is 12.6 Å². The molecule has 1 amide bonds. The van der Waals surface area contributed by atoms with Crippen molar-refractivity contribution in [2.24, 2.45) is 0 Å². The first-order valence-corrected chi connectivity index (χ1v) is 5.78. The molecule has 0 radical (unpaired) electrons. The number of hydrogen-bond donors (Lipinski definition) is 1. The molecule has 0 spiro atoms. The number of carbonyl (C=O) groups is 1. The van der Waals surface area contributed by atoms with Crippen molar-refractivity contribution < 1.29 is 9.90 Å². The molecule has 1 N–H and O–H groups in total. The molecule has 0 aromatic heterocycles. The molecule has 1 saturated carbocycles. The van der Waals surface area contributed by atoms with Gasteiger partial charge in [-0.2, -0.15) is 0 Å². The summed E-state index contributed by atoms with van der Waals surface area (Å²) in [6, 6.07) is 0.494. The molecule has 1 aliphatic carbocycles. The van der Waals surface area contributed by atoms with E-state index >= 15 is 0 Å². The number of likely N-dealkylation sites (N-methyl/N-ethyl adjacent to an activating group) is 2. The number of nitrogens with zero attached hydrogens (tertiary/aromatic N) is 2. The Morgan fingerprint density at radius 2 is 2.13 bits per heavy atom. The van der Waals surface area contributed by atoms with Crippen molar-refractivity contribution in [2.75, 3.05) is 33.3 Å². The molecular formula is C11H22N2O2. The Morgan fingerprint density at radius 3 is 2.60 bits per heavy atom. The predicted molar refractivity (Wildman–Crippen MR) is 59.6 cm³/mol. The van der Waals surface area contributed by atoms with Gasteiger partial charge in [0.25, 0.3) is 0 Å². The maximum absolute atomic E-state index is 11.8. The largest absolute Gasteiger partial charge is 0.396 e. The van der Waals surface area contributed by atoms with E-state index in [0.717, 1.165) is 32.4 Å². The second-order valence-corrected chi connectivity index (χ2v) is 4.18. The van der Waals surface area contributed by atoms with Crippen LogP contribution in [-0.4, -0.2) is 60.1 Å². The lowest BCUT2D eigenvalue weighted by Gasteiger charge is -2.23. The molecule has 4 heteroatoms. The number of hydrogen-bond acceptors (Lipinski definition) is 3. The molecule has 0 heterocycles. The first kappa shape index (κ1) is 12.5. The first-order valence-electron chi connectivity index (χ1n) is 5.78. The predicted octanol–water partition coefficient (Wildman–Crippen LogP) is 0.311. The third-order valence-electron chi connectivity index (χ3n) is 2.93. The number of amides is 1. The zero-order valence-corrected chi connectivity index (χ0v) is 9.78. The highest BCUT2D eigenvalue weighted by molar-refractivity contribution is 5.78. The van der Waals surface area contributed by atoms with Crippen LogP contribution in [-0.2, 0) is 4.79 Å². The number of rotatable bonds is 7. The summed E-state index contributed by atoms with van der Waals surface area (Å²) in [4.78, 5) is 15.7. The van der Waals surface area contributed by atoms with Gasteiger partial charge in [-0.3, -0.25) is 9.69 Å². The van der Waals surface area contributed by atoms with Crippen LogP contribution in [0.1, 0.15) is 26.2 Å². The fourth-order valence-corrected chi connectivity index (χ4v) is 1.61. The van der Waals surface area contributed by atoms with E-state index in [1.54, 1.807) is 0 Å². The number of carbonyl (C=O) groups excluding carboxylic acids is 1. The Morgan fingerprint density at radius 1 is 1.47 bits per heavy atom. The van der Waals surface area contributed by atoms with Crippen LogP contribution in [0.4, 0.5) is 0 Å². The van der Waals surface area contributed by atoms with Crippen molar-refractivity contribution in [3.05, 3.63) is 0 Å². The summed E-state index contributed by atoms with van der Waals surface area (Å²) in [5, 5.41) is 8.73. The Labute approximate surface area is 91.9 Å². The van der Waals surface area contributed by atoms with E-state index in [1.165, 1.54) is 0 Å². The third kappa shape index (κ3) is 4.18. The highest BCUT2D eigenvalue weighted by Gasteiger charge is 2.29. The standard InChI is InChI=1S/C11H22N2O2/c1-3-13(7-4-8-14)9-11(15)12(2)10-5-6-10/h10,14H,3-9H2,1-2H3. The molecule has 15 heavy (non-hydrogen) atoms. The second kappa shape index (κ2) is 6.08. The van der Waals surface area contributed by atoms with Gasteiger partial charge in [0.05, 0.1) is 6.54 Å². The molecule has 0 unspecified atom stereocenters. The fraction of sp³-hybridized carbons (Fsp3) is 0.909. The molecule has 0 saturated heterocycles. The Hall–Kier alpha value is -0.610. The van der Waals surface area contributed by atoms with E-state index in [2.05, 4.69) is 4.90 Å². The van der Waals surface area contributed by atoms with E-state index in [9.17, 15) is 4.79 Å². The van der Waals surface area contributed by atoms with Crippen LogP contribution in [0, 0.1) is 0 Å². The van der Waals surface area contributed by atoms with Crippen molar-refractivity contribution in [3.8, 4) is 0 Å². The fourth-order valence-electron chi connectivity index (χ4n) is 1.61. The molecular weight excluding hydrogens is 192 g/mol. The second-order valence-electron chi connectivity index (χ2n) is 4.18. The van der Waals surface area contributed by atoms with Crippen molar-refractivity contribution in [2.45, 2.75) is 32.2 Å². The lowest BCUT2D eigenvalue weighted by Crippen LogP contribution is -2.39. The normalized spacial score (nSPS) is 15.7. The van der Waals surface area contributed by atoms with Crippen molar-refractivity contribution in [3.63, 3.8) is 0 Å². The average molecular weight is 214 g/mol. The smallest absolute Gasteiger partial charge is 0.236 e. The van der Waals surface area contributed by atoms with Gasteiger partial charge in [0.2, 0.25) is 5.91 Å². The lowest BCUT2D eigenvalue weighted by atomic mass is 10.3. The Bertz CT molecular complexity index is 205. The quantitative estimate of drug-likeness (QED) is 0.663. The third-order valence-corrected chi connectivity index (χ3v) is 2.93. The maximum atomic E-state index is 11.8. The molecule has 1 aliphatic rings. The van der Waals surface area contributed by atoms with Gasteiger partial charge in [-0.15, -0.1) is 0 Å². The molecule has 0 aromatic carbocycles. The van der Waals surface area contributed by atoms with Gasteiger partial charge in [-0.1, -0.05) is 6.92 Å². The molecule has 0 bridgehead atoms. The van der Waals surface area contributed by atoms with Gasteiger partial charge in [-0.25, -0.2) is 0 Å². The van der Waals surface area contributed by atoms with Gasteiger partial charge >= 0.3 is 0 Å². The van der Waals surface area contributed by atoms with E-state index < -0.39 is 0 Å². The molecule has 0 atom stereocenters. The van der Waals surface area contributed by atoms with Gasteiger partial charge in [0, 0.05) is 26.2 Å². The zero-order chi connectivity index (χ0) is 11.3. The summed E-state index contributed by atoms with van der Waals surface area (Å²) in [6.07, 6.45) is 3.06. The van der Waals surface area contributed by atoms with E-state index in [-0.39, 0.29) is 12.5 Å². The molecule has 1 fully saturated rings. The summed E-state index contributed by atoms with van der Waals surface area (Å²) in [7, 11) is 1.89. The van der Waals surface area contributed by atoms with Crippen LogP contribution in [0.5, 0.6) is 0 Å². The summed E-state index contributed by atoms with van der Waals surface area (Å²) in [6.45, 7) is 4.40. The van der Waals surface area contributed by atoms with E-state index in [1.807, 2.05) is 18.9 Å². The van der Waals surface area contributed by atoms with Crippen LogP contribution in [0.25, 0.3) is 0 Å². The SMILES string of the molecule is CCN(CCCO)CC(=O)N(C)C1CC1. The molecule has 88 valence electrons. The molecule has 0 aliphatic heterocycles. The minimum Gasteiger partial charge on any atom is -0.396 e. The van der Waals surface area contributed by atoms with Gasteiger partial charge < -0.3 is 10.0 Å². The minimum absolute atomic E-state index is 0.198. The van der Waals surface area contributed by atoms with Gasteiger partial charge in [0.15, 0.2) is 0 Å². The first-order chi connectivity index (χ1) is 7.19. The summed E-state index contributed by atoms with van der Waals surface area (Å²) < 4.78 is 0. The molecule has 1 rings (SSSR count). The number of aliphatic hydroxyl groups excluding tert-OH is 1. The van der Waals surface area contributed by atoms with Crippen LogP contribution in [0.2, 0.25) is 0 Å². The summed E-state index contributed by atoms with van der Waals surface area (Å²) in [5.74, 6) is 0.206. The monoisotopic (exact) mass is 214 g/mol. The molecule has 4 nitrogen and oxygen atoms in total. The van der Waals surface area contributed by atoms with Crippen LogP contribution in [0.15, 0.2) is 0 Å². The van der Waals surface area contributed by atoms with Crippen molar-refractivity contribution in [1.29, 1.82) is 0 Å². The minimum atomic E-state index is 0.198. The van der Waals surface area contributed by atoms with Crippen molar-refractivity contribution in [1.82, 2.24) is 9.80 Å². The van der Waals surface area contributed by atoms with Crippen LogP contribution in [0.3, 0.4) is 0 Å². The highest BCUT2D eigenvalue weighted by atomic mass is 16.3.